The second-order valence-corrected chi connectivity index (χ2v) is 5.82. The molecule has 7 nitrogen and oxygen atoms in total. The largest absolute Gasteiger partial charge is 0.355 e. The molecule has 1 heterocycles. The number of nitrogens with zero attached hydrogens (tertiary/aromatic N) is 1. The molecule has 2 rings (SSSR count). The summed E-state index contributed by atoms with van der Waals surface area (Å²) in [4.78, 5) is 38.5. The molecule has 3 N–H and O–H groups in total. The summed E-state index contributed by atoms with van der Waals surface area (Å²) < 4.78 is 0. The number of nitrogens with one attached hydrogen (secondary N) is 3. The average Bonchev–Trinajstić information content (AvgIpc) is 2.61. The number of hydrogen-bond donors (Lipinski definition) is 3. The van der Waals surface area contributed by atoms with E-state index in [0.29, 0.717) is 31.7 Å². The monoisotopic (exact) mass is 333 g/mol. The van der Waals surface area contributed by atoms with Crippen molar-refractivity contribution in [2.24, 2.45) is 0 Å². The Kier molecular flexibility index (Phi) is 6.74. The Balaban J connectivity index is 1.72. The average molecular weight is 333 g/mol. The number of benzene rings is 1. The maximum atomic E-state index is 12.4. The van der Waals surface area contributed by atoms with Crippen molar-refractivity contribution in [3.63, 3.8) is 0 Å². The van der Waals surface area contributed by atoms with Crippen LogP contribution < -0.4 is 15.5 Å². The van der Waals surface area contributed by atoms with E-state index in [1.807, 2.05) is 42.2 Å². The molecule has 7 heteroatoms. The van der Waals surface area contributed by atoms with E-state index in [9.17, 15) is 14.4 Å². The Hall–Kier alpha value is -2.41. The van der Waals surface area contributed by atoms with E-state index in [1.54, 1.807) is 0 Å². The molecule has 1 aliphatic heterocycles. The van der Waals surface area contributed by atoms with Gasteiger partial charge >= 0.3 is 0 Å². The lowest BCUT2D eigenvalue weighted by Gasteiger charge is -2.31. The molecule has 130 valence electrons. The molecule has 24 heavy (non-hydrogen) atoms. The normalized spacial score (nSPS) is 15.0. The van der Waals surface area contributed by atoms with Crippen LogP contribution >= 0.6 is 0 Å². The third-order valence-electron chi connectivity index (χ3n) is 4.01. The summed E-state index contributed by atoms with van der Waals surface area (Å²) in [6.45, 7) is 5.45. The first-order valence-corrected chi connectivity index (χ1v) is 8.31. The lowest BCUT2D eigenvalue weighted by molar-refractivity contribution is -0.896. The van der Waals surface area contributed by atoms with Crippen molar-refractivity contribution in [3.05, 3.63) is 35.9 Å². The molecule has 1 aromatic carbocycles. The van der Waals surface area contributed by atoms with Gasteiger partial charge in [0.25, 0.3) is 11.8 Å². The van der Waals surface area contributed by atoms with Crippen LogP contribution in [0.1, 0.15) is 17.3 Å². The zero-order valence-corrected chi connectivity index (χ0v) is 14.0. The lowest BCUT2D eigenvalue weighted by atomic mass is 10.2. The van der Waals surface area contributed by atoms with E-state index in [1.165, 1.54) is 0 Å². The highest BCUT2D eigenvalue weighted by atomic mass is 16.2. The minimum absolute atomic E-state index is 0.0125. The summed E-state index contributed by atoms with van der Waals surface area (Å²) in [5.41, 5.74) is 0.695. The smallest absolute Gasteiger partial charge is 0.275 e. The van der Waals surface area contributed by atoms with Gasteiger partial charge in [0.1, 0.15) is 0 Å². The number of likely N-dealkylation sites (N-methyl/N-ethyl adjacent to an activating group) is 1. The molecular formula is C17H25N4O3+. The fraction of sp³-hybridized carbons (Fsp3) is 0.471. The molecule has 0 atom stereocenters. The summed E-state index contributed by atoms with van der Waals surface area (Å²) in [7, 11) is 0. The lowest BCUT2D eigenvalue weighted by Crippen LogP contribution is -3.15. The predicted octanol–water partition coefficient (Wildman–Crippen LogP) is -1.72. The van der Waals surface area contributed by atoms with Crippen molar-refractivity contribution in [3.8, 4) is 0 Å². The number of rotatable bonds is 6. The Morgan fingerprint density at radius 3 is 2.33 bits per heavy atom. The van der Waals surface area contributed by atoms with Gasteiger partial charge in [0.05, 0.1) is 32.7 Å². The molecule has 1 saturated heterocycles. The van der Waals surface area contributed by atoms with Gasteiger partial charge in [0.2, 0.25) is 5.91 Å². The van der Waals surface area contributed by atoms with Crippen LogP contribution in [-0.2, 0) is 9.59 Å². The van der Waals surface area contributed by atoms with Gasteiger partial charge < -0.3 is 20.4 Å². The molecule has 0 spiro atoms. The molecule has 0 radical (unpaired) electrons. The fourth-order valence-electron chi connectivity index (χ4n) is 2.69. The summed E-state index contributed by atoms with van der Waals surface area (Å²) in [5, 5.41) is 5.26. The number of carbonyl (C=O) groups excluding carboxylic acids is 3. The Morgan fingerprint density at radius 1 is 1.04 bits per heavy atom. The number of hydrogen-bond acceptors (Lipinski definition) is 3. The van der Waals surface area contributed by atoms with Gasteiger partial charge in [-0.3, -0.25) is 14.4 Å². The van der Waals surface area contributed by atoms with Gasteiger partial charge in [-0.2, -0.15) is 0 Å². The second-order valence-electron chi connectivity index (χ2n) is 5.82. The van der Waals surface area contributed by atoms with E-state index in [2.05, 4.69) is 10.6 Å². The second kappa shape index (κ2) is 9.02. The Labute approximate surface area is 142 Å². The molecular weight excluding hydrogens is 308 g/mol. The Bertz CT molecular complexity index is 568. The highest BCUT2D eigenvalue weighted by Crippen LogP contribution is 2.04. The van der Waals surface area contributed by atoms with Gasteiger partial charge in [-0.25, -0.2) is 0 Å². The van der Waals surface area contributed by atoms with E-state index in [0.717, 1.165) is 18.0 Å². The van der Waals surface area contributed by atoms with Crippen molar-refractivity contribution in [1.82, 2.24) is 15.5 Å². The summed E-state index contributed by atoms with van der Waals surface area (Å²) in [5.74, 6) is -0.284. The molecule has 1 aliphatic rings. The number of amides is 3. The molecule has 0 unspecified atom stereocenters. The zero-order valence-electron chi connectivity index (χ0n) is 14.0. The van der Waals surface area contributed by atoms with E-state index in [4.69, 9.17) is 0 Å². The first-order chi connectivity index (χ1) is 11.6. The predicted molar refractivity (Wildman–Crippen MR) is 89.6 cm³/mol. The minimum Gasteiger partial charge on any atom is -0.355 e. The van der Waals surface area contributed by atoms with Gasteiger partial charge in [-0.05, 0) is 19.1 Å². The van der Waals surface area contributed by atoms with Gasteiger partial charge in [-0.15, -0.1) is 0 Å². The first-order valence-electron chi connectivity index (χ1n) is 8.31. The molecule has 0 aliphatic carbocycles. The molecule has 3 amide bonds. The van der Waals surface area contributed by atoms with Crippen LogP contribution in [-0.4, -0.2) is 68.4 Å². The number of piperazine rings is 1. The molecule has 0 aromatic heterocycles. The van der Waals surface area contributed by atoms with Crippen LogP contribution in [0, 0.1) is 0 Å². The molecule has 0 bridgehead atoms. The SMILES string of the molecule is CCNC(=O)CNC(=O)C[NH+]1CCN(C(=O)c2ccccc2)CC1. The van der Waals surface area contributed by atoms with E-state index >= 15 is 0 Å². The minimum atomic E-state index is -0.181. The van der Waals surface area contributed by atoms with Crippen LogP contribution in [0.15, 0.2) is 30.3 Å². The summed E-state index contributed by atoms with van der Waals surface area (Å²) in [6, 6.07) is 9.23. The van der Waals surface area contributed by atoms with Gasteiger partial charge in [0, 0.05) is 12.1 Å². The summed E-state index contributed by atoms with van der Waals surface area (Å²) in [6.07, 6.45) is 0. The van der Waals surface area contributed by atoms with Crippen molar-refractivity contribution < 1.29 is 19.3 Å². The summed E-state index contributed by atoms with van der Waals surface area (Å²) >= 11 is 0. The highest BCUT2D eigenvalue weighted by Gasteiger charge is 2.25. The maximum absolute atomic E-state index is 12.4. The maximum Gasteiger partial charge on any atom is 0.275 e. The topological polar surface area (TPSA) is 82.9 Å². The molecule has 1 aromatic rings. The number of carbonyl (C=O) groups is 3. The van der Waals surface area contributed by atoms with Crippen molar-refractivity contribution in [1.29, 1.82) is 0 Å². The highest BCUT2D eigenvalue weighted by molar-refractivity contribution is 5.94. The van der Waals surface area contributed by atoms with Crippen LogP contribution in [0.2, 0.25) is 0 Å². The van der Waals surface area contributed by atoms with Gasteiger partial charge in [-0.1, -0.05) is 18.2 Å². The third kappa shape index (κ3) is 5.34. The standard InChI is InChI=1S/C17H24N4O3/c1-2-18-15(22)12-19-16(23)13-20-8-10-21(11-9-20)17(24)14-6-4-3-5-7-14/h3-7H,2,8-13H2,1H3,(H,18,22)(H,19,23)/p+1. The quantitative estimate of drug-likeness (QED) is 0.579. The van der Waals surface area contributed by atoms with Crippen LogP contribution in [0.25, 0.3) is 0 Å². The molecule has 1 fully saturated rings. The van der Waals surface area contributed by atoms with Crippen LogP contribution in [0.5, 0.6) is 0 Å². The molecule has 0 saturated carbocycles. The number of quaternary nitrogens is 1. The van der Waals surface area contributed by atoms with Crippen LogP contribution in [0.4, 0.5) is 0 Å². The van der Waals surface area contributed by atoms with Crippen molar-refractivity contribution in [2.75, 3.05) is 45.8 Å². The van der Waals surface area contributed by atoms with Crippen LogP contribution in [0.3, 0.4) is 0 Å². The first kappa shape index (κ1) is 17.9. The van der Waals surface area contributed by atoms with E-state index < -0.39 is 0 Å². The van der Waals surface area contributed by atoms with Crippen molar-refractivity contribution >= 4 is 17.7 Å². The third-order valence-corrected chi connectivity index (χ3v) is 4.01. The van der Waals surface area contributed by atoms with E-state index in [-0.39, 0.29) is 24.3 Å². The zero-order chi connectivity index (χ0) is 17.4. The fourth-order valence-corrected chi connectivity index (χ4v) is 2.69. The Morgan fingerprint density at radius 2 is 1.71 bits per heavy atom. The van der Waals surface area contributed by atoms with Gasteiger partial charge in [0.15, 0.2) is 6.54 Å². The van der Waals surface area contributed by atoms with Crippen molar-refractivity contribution in [2.45, 2.75) is 6.92 Å².